The van der Waals surface area contributed by atoms with Gasteiger partial charge in [-0.2, -0.15) is 0 Å². The second-order valence-electron chi connectivity index (χ2n) is 5.85. The molecule has 1 N–H and O–H groups in total. The third-order valence-electron chi connectivity index (χ3n) is 4.01. The van der Waals surface area contributed by atoms with Crippen molar-refractivity contribution in [3.63, 3.8) is 0 Å². The fourth-order valence-corrected chi connectivity index (χ4v) is 2.59. The molecule has 1 heterocycles. The van der Waals surface area contributed by atoms with Gasteiger partial charge >= 0.3 is 0 Å². The topological polar surface area (TPSA) is 50.8 Å². The number of morpholine rings is 1. The van der Waals surface area contributed by atoms with Crippen LogP contribution < -0.4 is 15.0 Å². The number of nitrogens with zero attached hydrogens (tertiary/aromatic N) is 1. The third kappa shape index (κ3) is 4.70. The van der Waals surface area contributed by atoms with E-state index in [1.807, 2.05) is 24.3 Å². The lowest BCUT2D eigenvalue weighted by molar-refractivity contribution is -0.122. The smallest absolute Gasteiger partial charge is 0.265 e. The molecule has 3 rings (SSSR count). The van der Waals surface area contributed by atoms with Crippen molar-refractivity contribution in [3.05, 3.63) is 54.3 Å². The standard InChI is InChI=1S/C19H21FN2O3/c1-14(25-18-8-2-15(20)3-9-18)19(23)21-16-4-6-17(7-5-16)22-10-12-24-13-11-22/h2-9,14H,10-13H2,1H3,(H,21,23)/t14-/m1/s1. The first-order valence-electron chi connectivity index (χ1n) is 8.28. The summed E-state index contributed by atoms with van der Waals surface area (Å²) in [6, 6.07) is 13.3. The van der Waals surface area contributed by atoms with E-state index >= 15 is 0 Å². The predicted octanol–water partition coefficient (Wildman–Crippen LogP) is 3.07. The maximum absolute atomic E-state index is 12.9. The molecule has 1 aliphatic heterocycles. The molecule has 0 unspecified atom stereocenters. The number of rotatable bonds is 5. The summed E-state index contributed by atoms with van der Waals surface area (Å²) < 4.78 is 23.8. The Morgan fingerprint density at radius 1 is 1.12 bits per heavy atom. The Hall–Kier alpha value is -2.60. The van der Waals surface area contributed by atoms with E-state index < -0.39 is 6.10 Å². The monoisotopic (exact) mass is 344 g/mol. The van der Waals surface area contributed by atoms with Gasteiger partial charge in [0.25, 0.3) is 5.91 Å². The molecule has 1 amide bonds. The third-order valence-corrected chi connectivity index (χ3v) is 4.01. The van der Waals surface area contributed by atoms with Crippen LogP contribution in [0.15, 0.2) is 48.5 Å². The Bertz CT molecular complexity index is 698. The molecule has 1 saturated heterocycles. The Kier molecular flexibility index (Phi) is 5.50. The average Bonchev–Trinajstić information content (AvgIpc) is 2.65. The second-order valence-corrected chi connectivity index (χ2v) is 5.85. The Morgan fingerprint density at radius 2 is 1.76 bits per heavy atom. The van der Waals surface area contributed by atoms with Crippen molar-refractivity contribution in [1.29, 1.82) is 0 Å². The number of halogens is 1. The molecular formula is C19H21FN2O3. The Morgan fingerprint density at radius 3 is 2.40 bits per heavy atom. The summed E-state index contributed by atoms with van der Waals surface area (Å²) in [5.74, 6) is -0.153. The van der Waals surface area contributed by atoms with E-state index in [2.05, 4.69) is 10.2 Å². The molecular weight excluding hydrogens is 323 g/mol. The SMILES string of the molecule is C[C@@H](Oc1ccc(F)cc1)C(=O)Nc1ccc(N2CCOCC2)cc1. The number of hydrogen-bond acceptors (Lipinski definition) is 4. The predicted molar refractivity (Wildman–Crippen MR) is 94.6 cm³/mol. The van der Waals surface area contributed by atoms with Gasteiger partial charge in [0.1, 0.15) is 11.6 Å². The number of benzene rings is 2. The van der Waals surface area contributed by atoms with Crippen molar-refractivity contribution in [2.75, 3.05) is 36.5 Å². The van der Waals surface area contributed by atoms with Crippen LogP contribution in [0.25, 0.3) is 0 Å². The van der Waals surface area contributed by atoms with Crippen LogP contribution in [0.2, 0.25) is 0 Å². The average molecular weight is 344 g/mol. The molecule has 1 atom stereocenters. The number of ether oxygens (including phenoxy) is 2. The lowest BCUT2D eigenvalue weighted by Gasteiger charge is -2.29. The van der Waals surface area contributed by atoms with Crippen LogP contribution in [0.5, 0.6) is 5.75 Å². The highest BCUT2D eigenvalue weighted by Crippen LogP contribution is 2.19. The minimum Gasteiger partial charge on any atom is -0.481 e. The first-order chi connectivity index (χ1) is 12.1. The first-order valence-corrected chi connectivity index (χ1v) is 8.28. The minimum absolute atomic E-state index is 0.261. The van der Waals surface area contributed by atoms with Gasteiger partial charge in [-0.1, -0.05) is 0 Å². The van der Waals surface area contributed by atoms with Crippen LogP contribution in [-0.2, 0) is 9.53 Å². The summed E-state index contributed by atoms with van der Waals surface area (Å²) in [6.45, 7) is 4.86. The number of carbonyl (C=O) groups is 1. The van der Waals surface area contributed by atoms with Crippen LogP contribution in [0, 0.1) is 5.82 Å². The van der Waals surface area contributed by atoms with Crippen LogP contribution in [0.4, 0.5) is 15.8 Å². The molecule has 2 aromatic rings. The number of anilines is 2. The largest absolute Gasteiger partial charge is 0.481 e. The maximum Gasteiger partial charge on any atom is 0.265 e. The molecule has 25 heavy (non-hydrogen) atoms. The molecule has 0 spiro atoms. The van der Waals surface area contributed by atoms with E-state index in [0.717, 1.165) is 32.0 Å². The summed E-state index contributed by atoms with van der Waals surface area (Å²) in [7, 11) is 0. The van der Waals surface area contributed by atoms with Crippen molar-refractivity contribution in [2.24, 2.45) is 0 Å². The fourth-order valence-electron chi connectivity index (χ4n) is 2.59. The lowest BCUT2D eigenvalue weighted by Crippen LogP contribution is -2.36. The summed E-state index contributed by atoms with van der Waals surface area (Å²) in [5.41, 5.74) is 1.81. The number of carbonyl (C=O) groups excluding carboxylic acids is 1. The highest BCUT2D eigenvalue weighted by molar-refractivity contribution is 5.94. The molecule has 5 nitrogen and oxygen atoms in total. The van der Waals surface area contributed by atoms with Gasteiger partial charge in [-0.25, -0.2) is 4.39 Å². The van der Waals surface area contributed by atoms with Gasteiger partial charge in [0.15, 0.2) is 6.10 Å². The van der Waals surface area contributed by atoms with Gasteiger partial charge in [-0.3, -0.25) is 4.79 Å². The molecule has 132 valence electrons. The molecule has 0 aliphatic carbocycles. The summed E-state index contributed by atoms with van der Waals surface area (Å²) in [5, 5.41) is 2.82. The molecule has 0 radical (unpaired) electrons. The van der Waals surface area contributed by atoms with E-state index in [1.165, 1.54) is 24.3 Å². The van der Waals surface area contributed by atoms with E-state index in [1.54, 1.807) is 6.92 Å². The van der Waals surface area contributed by atoms with Gasteiger partial charge in [-0.05, 0) is 55.5 Å². The summed E-state index contributed by atoms with van der Waals surface area (Å²) in [4.78, 5) is 14.5. The zero-order valence-electron chi connectivity index (χ0n) is 14.1. The quantitative estimate of drug-likeness (QED) is 0.906. The maximum atomic E-state index is 12.9. The van der Waals surface area contributed by atoms with Gasteiger partial charge in [0.05, 0.1) is 13.2 Å². The van der Waals surface area contributed by atoms with E-state index in [9.17, 15) is 9.18 Å². The molecule has 1 fully saturated rings. The van der Waals surface area contributed by atoms with Crippen LogP contribution in [0.1, 0.15) is 6.92 Å². The molecule has 0 saturated carbocycles. The van der Waals surface area contributed by atoms with E-state index in [-0.39, 0.29) is 11.7 Å². The Balaban J connectivity index is 1.55. The first kappa shape index (κ1) is 17.2. The molecule has 2 aromatic carbocycles. The molecule has 1 aliphatic rings. The normalized spacial score (nSPS) is 15.5. The number of hydrogen-bond donors (Lipinski definition) is 1. The van der Waals surface area contributed by atoms with Gasteiger partial charge < -0.3 is 19.7 Å². The van der Waals surface area contributed by atoms with Gasteiger partial charge in [0, 0.05) is 24.5 Å². The highest BCUT2D eigenvalue weighted by Gasteiger charge is 2.16. The van der Waals surface area contributed by atoms with Crippen LogP contribution in [-0.4, -0.2) is 38.3 Å². The Labute approximate surface area is 146 Å². The highest BCUT2D eigenvalue weighted by atomic mass is 19.1. The molecule has 0 bridgehead atoms. The van der Waals surface area contributed by atoms with Crippen LogP contribution >= 0.6 is 0 Å². The summed E-state index contributed by atoms with van der Waals surface area (Å²) >= 11 is 0. The minimum atomic E-state index is -0.690. The van der Waals surface area contributed by atoms with Gasteiger partial charge in [-0.15, -0.1) is 0 Å². The van der Waals surface area contributed by atoms with E-state index in [4.69, 9.17) is 9.47 Å². The van der Waals surface area contributed by atoms with Crippen molar-refractivity contribution in [3.8, 4) is 5.75 Å². The summed E-state index contributed by atoms with van der Waals surface area (Å²) in [6.07, 6.45) is -0.690. The zero-order valence-corrected chi connectivity index (χ0v) is 14.1. The molecule has 0 aromatic heterocycles. The van der Waals surface area contributed by atoms with Crippen molar-refractivity contribution < 1.29 is 18.7 Å². The number of nitrogens with one attached hydrogen (secondary N) is 1. The van der Waals surface area contributed by atoms with Crippen molar-refractivity contribution in [2.45, 2.75) is 13.0 Å². The number of amides is 1. The van der Waals surface area contributed by atoms with Crippen molar-refractivity contribution >= 4 is 17.3 Å². The lowest BCUT2D eigenvalue weighted by atomic mass is 10.2. The zero-order chi connectivity index (χ0) is 17.6. The van der Waals surface area contributed by atoms with Crippen LogP contribution in [0.3, 0.4) is 0 Å². The van der Waals surface area contributed by atoms with E-state index in [0.29, 0.717) is 11.4 Å². The second kappa shape index (κ2) is 7.98. The van der Waals surface area contributed by atoms with Gasteiger partial charge in [0.2, 0.25) is 0 Å². The molecule has 6 heteroatoms. The van der Waals surface area contributed by atoms with Crippen molar-refractivity contribution in [1.82, 2.24) is 0 Å². The fraction of sp³-hybridized carbons (Fsp3) is 0.316.